The summed E-state index contributed by atoms with van der Waals surface area (Å²) < 4.78 is 45.4. The number of amides is 1. The van der Waals surface area contributed by atoms with Gasteiger partial charge in [-0.3, -0.25) is 0 Å². The maximum Gasteiger partial charge on any atom is 0.407 e. The molecule has 2 aromatic rings. The minimum Gasteiger partial charge on any atom is -0.497 e. The number of benzene rings is 2. The lowest BCUT2D eigenvalue weighted by Gasteiger charge is -2.31. The number of ether oxygens (including phenoxy) is 3. The monoisotopic (exact) mass is 559 g/mol. The van der Waals surface area contributed by atoms with E-state index >= 15 is 0 Å². The molecule has 0 aromatic heterocycles. The maximum absolute atomic E-state index is 13.6. The predicted octanol–water partition coefficient (Wildman–Crippen LogP) is 3.57. The van der Waals surface area contributed by atoms with Crippen LogP contribution in [-0.4, -0.2) is 69.9 Å². The van der Waals surface area contributed by atoms with Crippen molar-refractivity contribution in [3.63, 3.8) is 0 Å². The summed E-state index contributed by atoms with van der Waals surface area (Å²) in [7, 11) is -2.31. The van der Waals surface area contributed by atoms with E-state index in [9.17, 15) is 13.2 Å². The molecule has 0 unspecified atom stereocenters. The minimum absolute atomic E-state index is 0.0335. The molecular formula is C29H41N3O6S. The van der Waals surface area contributed by atoms with Gasteiger partial charge < -0.3 is 25.3 Å². The highest BCUT2D eigenvalue weighted by Gasteiger charge is 2.40. The Balaban J connectivity index is 1.49. The Hall–Kier alpha value is -2.66. The second kappa shape index (κ2) is 13.1. The van der Waals surface area contributed by atoms with Gasteiger partial charge in [-0.2, -0.15) is 4.31 Å². The first-order chi connectivity index (χ1) is 18.7. The molecular weight excluding hydrogens is 518 g/mol. The maximum atomic E-state index is 13.6. The summed E-state index contributed by atoms with van der Waals surface area (Å²) in [6.45, 7) is 5.01. The standard InChI is InChI=1S/C29H41N3O6S/c1-20(2)18-32(39(34,35)25-11-9-23(36-3)10-12-25)19-26(30)27(15-21-7-5-4-6-8-21)31-29(33)38-24-16-22-13-14-37-28(22)17-24/h4-12,20,22,24,26-28H,13-19,30H2,1-3H3,(H,31,33)/t22-,24+,26+,27-,28+/m0/s1. The summed E-state index contributed by atoms with van der Waals surface area (Å²) in [6.07, 6.45) is 2.38. The topological polar surface area (TPSA) is 120 Å². The van der Waals surface area contributed by atoms with Crippen molar-refractivity contribution in [3.05, 3.63) is 60.2 Å². The number of nitrogens with one attached hydrogen (secondary N) is 1. The number of nitrogens with two attached hydrogens (primary N) is 1. The molecule has 39 heavy (non-hydrogen) atoms. The molecule has 0 bridgehead atoms. The summed E-state index contributed by atoms with van der Waals surface area (Å²) in [5.41, 5.74) is 7.66. The third-order valence-electron chi connectivity index (χ3n) is 7.48. The zero-order valence-corrected chi connectivity index (χ0v) is 23.8. The lowest BCUT2D eigenvalue weighted by Crippen LogP contribution is -2.55. The smallest absolute Gasteiger partial charge is 0.407 e. The molecule has 4 rings (SSSR count). The number of hydrogen-bond acceptors (Lipinski definition) is 7. The molecule has 0 spiro atoms. The lowest BCUT2D eigenvalue weighted by molar-refractivity contribution is 0.0638. The van der Waals surface area contributed by atoms with Gasteiger partial charge in [-0.15, -0.1) is 0 Å². The highest BCUT2D eigenvalue weighted by Crippen LogP contribution is 2.37. The fraction of sp³-hybridized carbons (Fsp3) is 0.552. The van der Waals surface area contributed by atoms with Crippen LogP contribution in [0.15, 0.2) is 59.5 Å². The fourth-order valence-corrected chi connectivity index (χ4v) is 7.10. The molecule has 2 fully saturated rings. The van der Waals surface area contributed by atoms with Gasteiger partial charge in [0.15, 0.2) is 0 Å². The van der Waals surface area contributed by atoms with E-state index < -0.39 is 28.2 Å². The van der Waals surface area contributed by atoms with Crippen molar-refractivity contribution < 1.29 is 27.4 Å². The molecule has 10 heteroatoms. The van der Waals surface area contributed by atoms with Crippen LogP contribution in [0.2, 0.25) is 0 Å². The Morgan fingerprint density at radius 3 is 2.46 bits per heavy atom. The van der Waals surface area contributed by atoms with E-state index in [4.69, 9.17) is 19.9 Å². The van der Waals surface area contributed by atoms with E-state index in [1.54, 1.807) is 12.1 Å². The van der Waals surface area contributed by atoms with Gasteiger partial charge in [0.2, 0.25) is 10.0 Å². The molecule has 214 valence electrons. The summed E-state index contributed by atoms with van der Waals surface area (Å²) in [6, 6.07) is 14.8. The van der Waals surface area contributed by atoms with Crippen LogP contribution < -0.4 is 15.8 Å². The molecule has 2 aliphatic rings. The Morgan fingerprint density at radius 1 is 1.10 bits per heavy atom. The molecule has 5 atom stereocenters. The molecule has 2 aromatic carbocycles. The molecule has 1 saturated carbocycles. The van der Waals surface area contributed by atoms with E-state index in [-0.39, 0.29) is 36.1 Å². The molecule has 1 amide bonds. The molecule has 3 N–H and O–H groups in total. The van der Waals surface area contributed by atoms with E-state index in [1.807, 2.05) is 44.2 Å². The quantitative estimate of drug-likeness (QED) is 0.408. The van der Waals surface area contributed by atoms with Crippen LogP contribution in [0.4, 0.5) is 4.79 Å². The number of methoxy groups -OCH3 is 1. The van der Waals surface area contributed by atoms with E-state index in [0.29, 0.717) is 24.5 Å². The SMILES string of the molecule is COc1ccc(S(=O)(=O)N(CC(C)C)C[C@@H](N)[C@H](Cc2ccccc2)NC(=O)O[C@@H]2C[C@@H]3CCO[C@@H]3C2)cc1. The molecule has 1 aliphatic carbocycles. The van der Waals surface area contributed by atoms with Crippen LogP contribution in [0, 0.1) is 11.8 Å². The number of alkyl carbamates (subject to hydrolysis) is 1. The highest BCUT2D eigenvalue weighted by molar-refractivity contribution is 7.89. The van der Waals surface area contributed by atoms with Crippen LogP contribution in [0.1, 0.15) is 38.7 Å². The van der Waals surface area contributed by atoms with Crippen molar-refractivity contribution in [2.75, 3.05) is 26.8 Å². The summed E-state index contributed by atoms with van der Waals surface area (Å²) in [5, 5.41) is 2.96. The summed E-state index contributed by atoms with van der Waals surface area (Å²) >= 11 is 0. The number of carbonyl (C=O) groups is 1. The Kier molecular flexibility index (Phi) is 9.87. The number of hydrogen-bond donors (Lipinski definition) is 2. The van der Waals surface area contributed by atoms with Crippen LogP contribution in [0.3, 0.4) is 0 Å². The highest BCUT2D eigenvalue weighted by atomic mass is 32.2. The van der Waals surface area contributed by atoms with E-state index in [0.717, 1.165) is 25.0 Å². The Morgan fingerprint density at radius 2 is 1.82 bits per heavy atom. The van der Waals surface area contributed by atoms with Crippen molar-refractivity contribution in [2.24, 2.45) is 17.6 Å². The first kappa shape index (κ1) is 29.3. The normalized spacial score (nSPS) is 22.5. The lowest BCUT2D eigenvalue weighted by atomic mass is 9.99. The average molecular weight is 560 g/mol. The predicted molar refractivity (Wildman–Crippen MR) is 149 cm³/mol. The van der Waals surface area contributed by atoms with Crippen LogP contribution >= 0.6 is 0 Å². The number of carbonyl (C=O) groups excluding carboxylic acids is 1. The Bertz CT molecular complexity index is 1160. The van der Waals surface area contributed by atoms with E-state index in [2.05, 4.69) is 5.32 Å². The first-order valence-corrected chi connectivity index (χ1v) is 15.1. The van der Waals surface area contributed by atoms with Crippen molar-refractivity contribution in [3.8, 4) is 5.75 Å². The van der Waals surface area contributed by atoms with Crippen molar-refractivity contribution in [1.29, 1.82) is 0 Å². The van der Waals surface area contributed by atoms with E-state index in [1.165, 1.54) is 23.5 Å². The van der Waals surface area contributed by atoms with Gasteiger partial charge in [0.05, 0.1) is 24.2 Å². The average Bonchev–Trinajstić information content (AvgIpc) is 3.50. The molecule has 1 heterocycles. The summed E-state index contributed by atoms with van der Waals surface area (Å²) in [5.74, 6) is 1.09. The summed E-state index contributed by atoms with van der Waals surface area (Å²) in [4.78, 5) is 13.2. The third-order valence-corrected chi connectivity index (χ3v) is 9.33. The fourth-order valence-electron chi connectivity index (χ4n) is 5.46. The Labute approximate surface area is 232 Å². The zero-order chi connectivity index (χ0) is 28.0. The van der Waals surface area contributed by atoms with Crippen LogP contribution in [0.25, 0.3) is 0 Å². The number of nitrogens with zero attached hydrogens (tertiary/aromatic N) is 1. The van der Waals surface area contributed by atoms with Gasteiger partial charge in [-0.1, -0.05) is 44.2 Å². The van der Waals surface area contributed by atoms with Crippen LogP contribution in [-0.2, 0) is 25.9 Å². The number of sulfonamides is 1. The molecule has 1 aliphatic heterocycles. The third kappa shape index (κ3) is 7.72. The second-order valence-corrected chi connectivity index (χ2v) is 12.9. The molecule has 0 radical (unpaired) electrons. The van der Waals surface area contributed by atoms with Crippen LogP contribution in [0.5, 0.6) is 5.75 Å². The number of rotatable bonds is 12. The van der Waals surface area contributed by atoms with Gasteiger partial charge in [0.25, 0.3) is 0 Å². The number of fused-ring (bicyclic) bond motifs is 1. The first-order valence-electron chi connectivity index (χ1n) is 13.7. The minimum atomic E-state index is -3.84. The molecule has 9 nitrogen and oxygen atoms in total. The zero-order valence-electron chi connectivity index (χ0n) is 23.0. The second-order valence-electron chi connectivity index (χ2n) is 11.0. The largest absolute Gasteiger partial charge is 0.497 e. The van der Waals surface area contributed by atoms with Gasteiger partial charge in [-0.05, 0) is 60.9 Å². The van der Waals surface area contributed by atoms with Gasteiger partial charge >= 0.3 is 6.09 Å². The van der Waals surface area contributed by atoms with Crippen molar-refractivity contribution >= 4 is 16.1 Å². The molecule has 1 saturated heterocycles. The van der Waals surface area contributed by atoms with Crippen molar-refractivity contribution in [1.82, 2.24) is 9.62 Å². The van der Waals surface area contributed by atoms with Gasteiger partial charge in [0.1, 0.15) is 11.9 Å². The van der Waals surface area contributed by atoms with Gasteiger partial charge in [0, 0.05) is 32.2 Å². The van der Waals surface area contributed by atoms with Gasteiger partial charge in [-0.25, -0.2) is 13.2 Å². The van der Waals surface area contributed by atoms with Crippen molar-refractivity contribution in [2.45, 2.75) is 68.7 Å².